The lowest BCUT2D eigenvalue weighted by atomic mass is 9.64. The molecule has 118 valence electrons. The Hall–Kier alpha value is -0.833. The summed E-state index contributed by atoms with van der Waals surface area (Å²) in [5.41, 5.74) is 11.7. The molecule has 0 aliphatic heterocycles. The molecule has 0 aromatic heterocycles. The highest BCUT2D eigenvalue weighted by atomic mass is 28.3. The summed E-state index contributed by atoms with van der Waals surface area (Å²) in [4.78, 5) is 12.7. The average molecular weight is 306 g/mol. The quantitative estimate of drug-likeness (QED) is 0.781. The molecule has 2 rings (SSSR count). The van der Waals surface area contributed by atoms with E-state index in [1.807, 2.05) is 0 Å². The van der Waals surface area contributed by atoms with Crippen molar-refractivity contribution >= 4 is 14.7 Å². The zero-order valence-electron chi connectivity index (χ0n) is 14.5. The normalized spacial score (nSPS) is 34.0. The van der Waals surface area contributed by atoms with E-state index in [0.29, 0.717) is 11.5 Å². The number of primary amides is 1. The SMILES string of the molecule is CC1=C(C)C(C)C(C2(C(N)=O)CCCCC2[SiH](C)C)=C1C. The third kappa shape index (κ3) is 2.34. The minimum absolute atomic E-state index is 0.0582. The summed E-state index contributed by atoms with van der Waals surface area (Å²) in [7, 11) is -0.938. The van der Waals surface area contributed by atoms with Gasteiger partial charge in [0.1, 0.15) is 0 Å². The van der Waals surface area contributed by atoms with E-state index in [1.165, 1.54) is 35.1 Å². The molecule has 0 bridgehead atoms. The smallest absolute Gasteiger partial charge is 0.227 e. The molecule has 0 spiro atoms. The Bertz CT molecular complexity index is 517. The van der Waals surface area contributed by atoms with E-state index in [1.54, 1.807) is 0 Å². The van der Waals surface area contributed by atoms with Gasteiger partial charge in [-0.3, -0.25) is 4.79 Å². The van der Waals surface area contributed by atoms with E-state index in [4.69, 9.17) is 5.73 Å². The maximum atomic E-state index is 12.7. The van der Waals surface area contributed by atoms with Gasteiger partial charge in [0, 0.05) is 8.80 Å². The minimum Gasteiger partial charge on any atom is -0.369 e. The standard InChI is InChI=1S/C18H31NOSi/c1-11-12(2)14(4)16(13(11)3)18(17(19)20)10-8-7-9-15(18)21(5)6/h13,15,21H,7-10H2,1-6H3,(H2,19,20). The number of hydrogen-bond donors (Lipinski definition) is 1. The molecular weight excluding hydrogens is 274 g/mol. The van der Waals surface area contributed by atoms with Crippen LogP contribution in [0.2, 0.25) is 18.6 Å². The Morgan fingerprint density at radius 1 is 1.19 bits per heavy atom. The van der Waals surface area contributed by atoms with Crippen molar-refractivity contribution in [1.29, 1.82) is 0 Å². The zero-order valence-corrected chi connectivity index (χ0v) is 15.7. The predicted octanol–water partition coefficient (Wildman–Crippen LogP) is 4.19. The Labute approximate surface area is 131 Å². The highest BCUT2D eigenvalue weighted by Gasteiger charge is 2.52. The number of hydrogen-bond acceptors (Lipinski definition) is 1. The predicted molar refractivity (Wildman–Crippen MR) is 93.0 cm³/mol. The number of allylic oxidation sites excluding steroid dienone is 3. The first kappa shape index (κ1) is 16.5. The van der Waals surface area contributed by atoms with Crippen LogP contribution in [0.5, 0.6) is 0 Å². The molecule has 21 heavy (non-hydrogen) atoms. The molecule has 1 saturated carbocycles. The largest absolute Gasteiger partial charge is 0.369 e. The van der Waals surface area contributed by atoms with Crippen molar-refractivity contribution in [1.82, 2.24) is 0 Å². The third-order valence-electron chi connectivity index (χ3n) is 6.33. The third-order valence-corrected chi connectivity index (χ3v) is 8.85. The molecule has 2 nitrogen and oxygen atoms in total. The summed E-state index contributed by atoms with van der Waals surface area (Å²) in [6.45, 7) is 13.7. The molecule has 3 unspecified atom stereocenters. The van der Waals surface area contributed by atoms with Gasteiger partial charge in [-0.25, -0.2) is 0 Å². The molecule has 0 radical (unpaired) electrons. The lowest BCUT2D eigenvalue weighted by molar-refractivity contribution is -0.127. The first-order chi connectivity index (χ1) is 9.75. The second-order valence-electron chi connectivity index (χ2n) is 7.50. The summed E-state index contributed by atoms with van der Waals surface area (Å²) in [6.07, 6.45) is 4.56. The van der Waals surface area contributed by atoms with E-state index in [-0.39, 0.29) is 11.3 Å². The van der Waals surface area contributed by atoms with Crippen molar-refractivity contribution in [3.63, 3.8) is 0 Å². The van der Waals surface area contributed by atoms with E-state index >= 15 is 0 Å². The molecular formula is C18H31NOSi. The van der Waals surface area contributed by atoms with Crippen molar-refractivity contribution in [3.05, 3.63) is 22.3 Å². The molecule has 2 N–H and O–H groups in total. The summed E-state index contributed by atoms with van der Waals surface area (Å²) in [5, 5.41) is 0. The highest BCUT2D eigenvalue weighted by molar-refractivity contribution is 6.58. The average Bonchev–Trinajstić information content (AvgIpc) is 2.63. The van der Waals surface area contributed by atoms with Gasteiger partial charge in [0.25, 0.3) is 0 Å². The van der Waals surface area contributed by atoms with Crippen LogP contribution in [0.15, 0.2) is 22.3 Å². The van der Waals surface area contributed by atoms with Crippen LogP contribution in [0.25, 0.3) is 0 Å². The van der Waals surface area contributed by atoms with Gasteiger partial charge in [0.15, 0.2) is 0 Å². The van der Waals surface area contributed by atoms with Gasteiger partial charge in [-0.15, -0.1) is 0 Å². The maximum absolute atomic E-state index is 12.7. The molecule has 1 amide bonds. The summed E-state index contributed by atoms with van der Waals surface area (Å²) >= 11 is 0. The molecule has 2 aliphatic carbocycles. The van der Waals surface area contributed by atoms with Gasteiger partial charge in [-0.1, -0.05) is 44.9 Å². The van der Waals surface area contributed by atoms with Crippen LogP contribution in [-0.4, -0.2) is 14.7 Å². The molecule has 3 heteroatoms. The molecule has 1 fully saturated rings. The summed E-state index contributed by atoms with van der Waals surface area (Å²) < 4.78 is 0. The van der Waals surface area contributed by atoms with Gasteiger partial charge in [0.05, 0.1) is 5.41 Å². The zero-order chi connectivity index (χ0) is 15.9. The molecule has 0 heterocycles. The minimum atomic E-state index is -0.938. The van der Waals surface area contributed by atoms with E-state index in [9.17, 15) is 4.79 Å². The maximum Gasteiger partial charge on any atom is 0.227 e. The summed E-state index contributed by atoms with van der Waals surface area (Å²) in [5.74, 6) is 0.322. The fraction of sp³-hybridized carbons (Fsp3) is 0.722. The number of rotatable bonds is 3. The van der Waals surface area contributed by atoms with Crippen LogP contribution in [0.3, 0.4) is 0 Å². The fourth-order valence-electron chi connectivity index (χ4n) is 4.96. The molecule has 3 atom stereocenters. The van der Waals surface area contributed by atoms with E-state index in [2.05, 4.69) is 40.8 Å². The van der Waals surface area contributed by atoms with Crippen molar-refractivity contribution in [2.24, 2.45) is 17.1 Å². The van der Waals surface area contributed by atoms with E-state index < -0.39 is 8.80 Å². The topological polar surface area (TPSA) is 43.1 Å². The van der Waals surface area contributed by atoms with Crippen LogP contribution in [0.4, 0.5) is 0 Å². The van der Waals surface area contributed by atoms with Gasteiger partial charge >= 0.3 is 0 Å². The van der Waals surface area contributed by atoms with Crippen molar-refractivity contribution in [3.8, 4) is 0 Å². The van der Waals surface area contributed by atoms with Crippen LogP contribution in [0.1, 0.15) is 53.4 Å². The Kier molecular flexibility index (Phi) is 4.53. The van der Waals surface area contributed by atoms with Crippen LogP contribution >= 0.6 is 0 Å². The Morgan fingerprint density at radius 3 is 2.24 bits per heavy atom. The Balaban J connectivity index is 2.61. The monoisotopic (exact) mass is 305 g/mol. The lowest BCUT2D eigenvalue weighted by Gasteiger charge is -2.47. The first-order valence-electron chi connectivity index (χ1n) is 8.44. The van der Waals surface area contributed by atoms with Crippen LogP contribution in [0, 0.1) is 11.3 Å². The van der Waals surface area contributed by atoms with Crippen LogP contribution < -0.4 is 5.73 Å². The molecule has 0 aromatic carbocycles. The van der Waals surface area contributed by atoms with E-state index in [0.717, 1.165) is 12.8 Å². The van der Waals surface area contributed by atoms with Gasteiger partial charge in [-0.2, -0.15) is 0 Å². The molecule has 0 aromatic rings. The van der Waals surface area contributed by atoms with Crippen LogP contribution in [-0.2, 0) is 4.79 Å². The number of amides is 1. The highest BCUT2D eigenvalue weighted by Crippen LogP contribution is 2.58. The number of nitrogens with two attached hydrogens (primary N) is 1. The second kappa shape index (κ2) is 5.75. The fourth-order valence-corrected chi connectivity index (χ4v) is 7.51. The first-order valence-corrected chi connectivity index (χ1v) is 11.4. The van der Waals surface area contributed by atoms with Crippen molar-refractivity contribution in [2.45, 2.75) is 72.0 Å². The Morgan fingerprint density at radius 2 is 1.81 bits per heavy atom. The van der Waals surface area contributed by atoms with Crippen molar-refractivity contribution < 1.29 is 4.79 Å². The second-order valence-corrected chi connectivity index (χ2v) is 10.8. The summed E-state index contributed by atoms with van der Waals surface area (Å²) in [6, 6.07) is 0. The molecule has 0 saturated heterocycles. The van der Waals surface area contributed by atoms with Gasteiger partial charge in [-0.05, 0) is 55.4 Å². The van der Waals surface area contributed by atoms with Gasteiger partial charge < -0.3 is 5.73 Å². The number of carbonyl (C=O) groups excluding carboxylic acids is 1. The van der Waals surface area contributed by atoms with Gasteiger partial charge in [0.2, 0.25) is 5.91 Å². The number of carbonyl (C=O) groups is 1. The molecule has 2 aliphatic rings. The lowest BCUT2D eigenvalue weighted by Crippen LogP contribution is -2.48. The van der Waals surface area contributed by atoms with Crippen molar-refractivity contribution in [2.75, 3.05) is 0 Å².